The third-order valence-corrected chi connectivity index (χ3v) is 7.10. The molecule has 0 unspecified atom stereocenters. The number of phenolic OH excluding ortho intramolecular Hbond substituents is 1. The Morgan fingerprint density at radius 3 is 2.12 bits per heavy atom. The summed E-state index contributed by atoms with van der Waals surface area (Å²) in [6.07, 6.45) is -7.77. The van der Waals surface area contributed by atoms with E-state index in [-0.39, 0.29) is 5.75 Å². The van der Waals surface area contributed by atoms with Crippen LogP contribution in [-0.4, -0.2) is 70.0 Å². The van der Waals surface area contributed by atoms with Gasteiger partial charge in [0.15, 0.2) is 0 Å². The number of hydrogen-bond acceptors (Lipinski definition) is 9. The van der Waals surface area contributed by atoms with Gasteiger partial charge >= 0.3 is 18.3 Å². The minimum Gasteiger partial charge on any atom is -0.508 e. The molecule has 0 bridgehead atoms. The van der Waals surface area contributed by atoms with E-state index in [1.165, 1.54) is 12.1 Å². The van der Waals surface area contributed by atoms with Crippen molar-refractivity contribution in [1.29, 1.82) is 0 Å². The van der Waals surface area contributed by atoms with E-state index >= 15 is 0 Å². The van der Waals surface area contributed by atoms with Gasteiger partial charge in [0.25, 0.3) is 0 Å². The molecule has 0 aliphatic carbocycles. The molecule has 5 rings (SSSR count). The lowest BCUT2D eigenvalue weighted by Crippen LogP contribution is -2.30. The van der Waals surface area contributed by atoms with Gasteiger partial charge in [-0.25, -0.2) is 4.79 Å². The highest BCUT2D eigenvalue weighted by Gasteiger charge is 2.38. The predicted molar refractivity (Wildman–Crippen MR) is 168 cm³/mol. The van der Waals surface area contributed by atoms with Crippen molar-refractivity contribution in [1.82, 2.24) is 20.3 Å². The van der Waals surface area contributed by atoms with E-state index in [2.05, 4.69) is 30.8 Å². The molecule has 1 aliphatic heterocycles. The Kier molecular flexibility index (Phi) is 12.0. The molecule has 1 saturated heterocycles. The van der Waals surface area contributed by atoms with E-state index in [0.717, 1.165) is 67.8 Å². The van der Waals surface area contributed by atoms with Crippen molar-refractivity contribution in [2.45, 2.75) is 31.7 Å². The molecular weight excluding hydrogens is 644 g/mol. The summed E-state index contributed by atoms with van der Waals surface area (Å²) in [6, 6.07) is 19.8. The first-order valence-electron chi connectivity index (χ1n) is 14.8. The van der Waals surface area contributed by atoms with Gasteiger partial charge < -0.3 is 31.1 Å². The number of rotatable bonds is 9. The number of alkyl halides is 6. The van der Waals surface area contributed by atoms with Gasteiger partial charge in [0, 0.05) is 32.7 Å². The highest BCUT2D eigenvalue weighted by atomic mass is 19.4. The number of aromatic nitrogens is 3. The van der Waals surface area contributed by atoms with Crippen LogP contribution in [-0.2, 0) is 23.9 Å². The molecular formula is C32H33F6N7O3. The van der Waals surface area contributed by atoms with Gasteiger partial charge in [-0.15, -0.1) is 0 Å². The molecule has 2 heterocycles. The molecule has 256 valence electrons. The van der Waals surface area contributed by atoms with Gasteiger partial charge in [0.2, 0.25) is 17.8 Å². The van der Waals surface area contributed by atoms with Crippen LogP contribution in [0.5, 0.6) is 5.75 Å². The molecule has 10 nitrogen and oxygen atoms in total. The summed E-state index contributed by atoms with van der Waals surface area (Å²) in [5.41, 5.74) is 2.81. The summed E-state index contributed by atoms with van der Waals surface area (Å²) in [5.74, 6) is -1.10. The SMILES string of the molecule is O=C(O)C(F)(F)F.Oc1ccc(CCNc2nc(NCc3ccccc3-c3ccc(C(F)(F)F)cc3)nc(N3CCCNCC3)n2)cc1. The van der Waals surface area contributed by atoms with Crippen molar-refractivity contribution < 1.29 is 41.4 Å². The van der Waals surface area contributed by atoms with Crippen LogP contribution in [0.2, 0.25) is 0 Å². The number of halogens is 6. The molecule has 16 heteroatoms. The topological polar surface area (TPSA) is 136 Å². The molecule has 0 spiro atoms. The van der Waals surface area contributed by atoms with Crippen molar-refractivity contribution >= 4 is 23.8 Å². The third-order valence-electron chi connectivity index (χ3n) is 7.10. The number of carbonyl (C=O) groups is 1. The minimum absolute atomic E-state index is 0.228. The van der Waals surface area contributed by atoms with Crippen LogP contribution in [0.15, 0.2) is 72.8 Å². The Bertz CT molecular complexity index is 1630. The van der Waals surface area contributed by atoms with Crippen LogP contribution in [0.4, 0.5) is 44.2 Å². The maximum atomic E-state index is 13.1. The Morgan fingerprint density at radius 2 is 1.48 bits per heavy atom. The molecule has 0 saturated carbocycles. The zero-order valence-corrected chi connectivity index (χ0v) is 25.4. The van der Waals surface area contributed by atoms with Crippen molar-refractivity contribution in [2.75, 3.05) is 48.3 Å². The Balaban J connectivity index is 0.000000671. The molecule has 0 atom stereocenters. The van der Waals surface area contributed by atoms with Gasteiger partial charge in [-0.2, -0.15) is 41.3 Å². The molecule has 1 aromatic heterocycles. The average Bonchev–Trinajstić information content (AvgIpc) is 3.34. The molecule has 4 aromatic rings. The number of nitrogens with one attached hydrogen (secondary N) is 3. The molecule has 1 aliphatic rings. The van der Waals surface area contributed by atoms with Crippen LogP contribution in [0, 0.1) is 0 Å². The minimum atomic E-state index is -5.08. The number of carboxylic acid groups (broad SMARTS) is 1. The summed E-state index contributed by atoms with van der Waals surface area (Å²) in [4.78, 5) is 25.0. The predicted octanol–water partition coefficient (Wildman–Crippen LogP) is 5.96. The highest BCUT2D eigenvalue weighted by Crippen LogP contribution is 2.32. The standard InChI is InChI=1S/C30H32F3N7O.C2HF3O2/c31-30(32,33)24-10-8-22(9-11-24)26-5-2-1-4-23(26)20-36-28-37-27(35-16-14-21-6-12-25(41)13-7-21)38-29(39-28)40-18-3-15-34-17-19-40;3-2(4,5)1(6)7/h1-2,4-13,34,41H,3,14-20H2,(H2,35,36,37,38,39);(H,6,7). The fraction of sp³-hybridized carbons (Fsp3) is 0.312. The third kappa shape index (κ3) is 10.7. The first kappa shape index (κ1) is 35.7. The van der Waals surface area contributed by atoms with E-state index in [1.807, 2.05) is 36.4 Å². The first-order valence-corrected chi connectivity index (χ1v) is 14.8. The van der Waals surface area contributed by atoms with Gasteiger partial charge in [0.1, 0.15) is 5.75 Å². The second-order valence-electron chi connectivity index (χ2n) is 10.6. The molecule has 0 amide bonds. The van der Waals surface area contributed by atoms with Crippen molar-refractivity contribution in [3.05, 3.63) is 89.5 Å². The number of benzene rings is 3. The van der Waals surface area contributed by atoms with Gasteiger partial charge in [-0.1, -0.05) is 48.5 Å². The summed E-state index contributed by atoms with van der Waals surface area (Å²) in [6.45, 7) is 4.32. The molecule has 0 radical (unpaired) electrons. The molecule has 1 fully saturated rings. The van der Waals surface area contributed by atoms with E-state index in [9.17, 15) is 31.4 Å². The number of aromatic hydroxyl groups is 1. The van der Waals surface area contributed by atoms with Gasteiger partial charge in [0.05, 0.1) is 5.56 Å². The van der Waals surface area contributed by atoms with Crippen LogP contribution in [0.25, 0.3) is 11.1 Å². The molecule has 48 heavy (non-hydrogen) atoms. The maximum absolute atomic E-state index is 13.1. The Morgan fingerprint density at radius 1 is 0.833 bits per heavy atom. The zero-order chi connectivity index (χ0) is 34.7. The van der Waals surface area contributed by atoms with Crippen LogP contribution in [0.3, 0.4) is 0 Å². The Labute approximate surface area is 271 Å². The zero-order valence-electron chi connectivity index (χ0n) is 25.4. The lowest BCUT2D eigenvalue weighted by atomic mass is 9.98. The molecule has 3 aromatic carbocycles. The Hall–Kier alpha value is -5.12. The number of phenols is 1. The highest BCUT2D eigenvalue weighted by molar-refractivity contribution is 5.73. The van der Waals surface area contributed by atoms with Crippen molar-refractivity contribution in [3.63, 3.8) is 0 Å². The first-order chi connectivity index (χ1) is 22.8. The smallest absolute Gasteiger partial charge is 0.490 e. The summed E-state index contributed by atoms with van der Waals surface area (Å²) in [7, 11) is 0. The van der Waals surface area contributed by atoms with Gasteiger partial charge in [-0.3, -0.25) is 0 Å². The largest absolute Gasteiger partial charge is 0.508 e. The van der Waals surface area contributed by atoms with Crippen molar-refractivity contribution in [2.24, 2.45) is 0 Å². The average molecular weight is 678 g/mol. The fourth-order valence-electron chi connectivity index (χ4n) is 4.66. The van der Waals surface area contributed by atoms with E-state index in [0.29, 0.717) is 36.5 Å². The van der Waals surface area contributed by atoms with Gasteiger partial charge in [-0.05, 0) is 65.9 Å². The second kappa shape index (κ2) is 16.1. The second-order valence-corrected chi connectivity index (χ2v) is 10.6. The molecule has 5 N–H and O–H groups in total. The number of hydrogen-bond donors (Lipinski definition) is 5. The number of nitrogens with zero attached hydrogens (tertiary/aromatic N) is 4. The van der Waals surface area contributed by atoms with Crippen LogP contribution >= 0.6 is 0 Å². The van der Waals surface area contributed by atoms with E-state index in [4.69, 9.17) is 14.9 Å². The summed E-state index contributed by atoms with van der Waals surface area (Å²) >= 11 is 0. The van der Waals surface area contributed by atoms with Crippen LogP contribution < -0.4 is 20.9 Å². The lowest BCUT2D eigenvalue weighted by molar-refractivity contribution is -0.192. The quantitative estimate of drug-likeness (QED) is 0.135. The van der Waals surface area contributed by atoms with E-state index < -0.39 is 23.9 Å². The number of anilines is 3. The number of aliphatic carboxylic acids is 1. The summed E-state index contributed by atoms with van der Waals surface area (Å²) in [5, 5.41) is 26.6. The number of carboxylic acids is 1. The van der Waals surface area contributed by atoms with E-state index in [1.54, 1.807) is 12.1 Å². The maximum Gasteiger partial charge on any atom is 0.490 e. The monoisotopic (exact) mass is 677 g/mol. The van der Waals surface area contributed by atoms with Crippen LogP contribution in [0.1, 0.15) is 23.1 Å². The summed E-state index contributed by atoms with van der Waals surface area (Å²) < 4.78 is 70.9. The normalized spacial score (nSPS) is 13.6. The van der Waals surface area contributed by atoms with Crippen molar-refractivity contribution in [3.8, 4) is 16.9 Å². The lowest BCUT2D eigenvalue weighted by Gasteiger charge is -2.21. The fourth-order valence-corrected chi connectivity index (χ4v) is 4.66.